The summed E-state index contributed by atoms with van der Waals surface area (Å²) in [5.74, 6) is 0.944. The average Bonchev–Trinajstić information content (AvgIpc) is 2.49. The SMILES string of the molecule is CC(C)(C)OC(=O)NCC(C)(CN)c1ccc2c(c1)CCC(C)(C)O2. The summed E-state index contributed by atoms with van der Waals surface area (Å²) in [5.41, 5.74) is 7.36. The summed E-state index contributed by atoms with van der Waals surface area (Å²) in [5, 5.41) is 2.85. The monoisotopic (exact) mass is 348 g/mol. The van der Waals surface area contributed by atoms with Crippen molar-refractivity contribution in [1.29, 1.82) is 0 Å². The molecule has 0 fully saturated rings. The van der Waals surface area contributed by atoms with E-state index in [0.29, 0.717) is 13.1 Å². The lowest BCUT2D eigenvalue weighted by Crippen LogP contribution is -2.45. The molecule has 3 N–H and O–H groups in total. The van der Waals surface area contributed by atoms with Gasteiger partial charge in [-0.1, -0.05) is 19.1 Å². The number of aryl methyl sites for hydroxylation is 1. The molecule has 5 heteroatoms. The summed E-state index contributed by atoms with van der Waals surface area (Å²) in [4.78, 5) is 12.0. The van der Waals surface area contributed by atoms with Crippen molar-refractivity contribution in [3.8, 4) is 5.75 Å². The van der Waals surface area contributed by atoms with Crippen molar-refractivity contribution in [2.24, 2.45) is 5.73 Å². The molecule has 5 nitrogen and oxygen atoms in total. The molecule has 1 aromatic rings. The van der Waals surface area contributed by atoms with Crippen molar-refractivity contribution in [2.45, 2.75) is 71.0 Å². The van der Waals surface area contributed by atoms with Crippen LogP contribution in [0.3, 0.4) is 0 Å². The predicted octanol–water partition coefficient (Wildman–Crippen LogP) is 3.53. The summed E-state index contributed by atoms with van der Waals surface area (Å²) in [6.07, 6.45) is 1.55. The third-order valence-electron chi connectivity index (χ3n) is 4.61. The van der Waals surface area contributed by atoms with E-state index in [1.807, 2.05) is 32.9 Å². The second-order valence-electron chi connectivity index (χ2n) is 8.80. The zero-order valence-electron chi connectivity index (χ0n) is 16.4. The Labute approximate surface area is 151 Å². The Bertz CT molecular complexity index is 634. The Balaban J connectivity index is 2.13. The molecule has 1 heterocycles. The van der Waals surface area contributed by atoms with Gasteiger partial charge in [0.05, 0.1) is 0 Å². The number of rotatable bonds is 4. The highest BCUT2D eigenvalue weighted by Crippen LogP contribution is 2.35. The van der Waals surface area contributed by atoms with Crippen LogP contribution in [0.5, 0.6) is 5.75 Å². The number of hydrogen-bond acceptors (Lipinski definition) is 4. The quantitative estimate of drug-likeness (QED) is 0.873. The van der Waals surface area contributed by atoms with E-state index in [1.165, 1.54) is 5.56 Å². The maximum absolute atomic E-state index is 12.0. The highest BCUT2D eigenvalue weighted by Gasteiger charge is 2.31. The largest absolute Gasteiger partial charge is 0.488 e. The molecule has 0 aliphatic carbocycles. The molecule has 1 unspecified atom stereocenters. The molecular formula is C20H32N2O3. The van der Waals surface area contributed by atoms with Gasteiger partial charge in [-0.25, -0.2) is 4.79 Å². The van der Waals surface area contributed by atoms with Crippen LogP contribution in [0.2, 0.25) is 0 Å². The fourth-order valence-electron chi connectivity index (χ4n) is 2.91. The van der Waals surface area contributed by atoms with Gasteiger partial charge in [0.15, 0.2) is 0 Å². The topological polar surface area (TPSA) is 73.6 Å². The fraction of sp³-hybridized carbons (Fsp3) is 0.650. The van der Waals surface area contributed by atoms with Gasteiger partial charge in [-0.3, -0.25) is 0 Å². The highest BCUT2D eigenvalue weighted by molar-refractivity contribution is 5.67. The Hall–Kier alpha value is -1.75. The van der Waals surface area contributed by atoms with E-state index >= 15 is 0 Å². The molecule has 1 aliphatic rings. The molecule has 140 valence electrons. The Kier molecular flexibility index (Phi) is 5.38. The molecule has 0 bridgehead atoms. The van der Waals surface area contributed by atoms with Crippen LogP contribution in [0.15, 0.2) is 18.2 Å². The van der Waals surface area contributed by atoms with Gasteiger partial charge in [-0.2, -0.15) is 0 Å². The number of benzene rings is 1. The van der Waals surface area contributed by atoms with Crippen molar-refractivity contribution >= 4 is 6.09 Å². The molecule has 1 aliphatic heterocycles. The smallest absolute Gasteiger partial charge is 0.407 e. The highest BCUT2D eigenvalue weighted by atomic mass is 16.6. The van der Waals surface area contributed by atoms with Crippen molar-refractivity contribution in [3.63, 3.8) is 0 Å². The van der Waals surface area contributed by atoms with Gasteiger partial charge in [-0.15, -0.1) is 0 Å². The second-order valence-corrected chi connectivity index (χ2v) is 8.80. The number of carbonyl (C=O) groups excluding carboxylic acids is 1. The van der Waals surface area contributed by atoms with E-state index in [-0.39, 0.29) is 11.0 Å². The third kappa shape index (κ3) is 5.11. The molecule has 1 atom stereocenters. The number of fused-ring (bicyclic) bond motifs is 1. The number of nitrogens with one attached hydrogen (secondary N) is 1. The zero-order valence-corrected chi connectivity index (χ0v) is 16.4. The van der Waals surface area contributed by atoms with Crippen LogP contribution in [-0.4, -0.2) is 30.4 Å². The molecule has 0 saturated carbocycles. The molecular weight excluding hydrogens is 316 g/mol. The maximum Gasteiger partial charge on any atom is 0.407 e. The first-order chi connectivity index (χ1) is 11.4. The molecule has 1 aromatic carbocycles. The lowest BCUT2D eigenvalue weighted by atomic mass is 9.80. The van der Waals surface area contributed by atoms with E-state index < -0.39 is 11.7 Å². The number of ether oxygens (including phenoxy) is 2. The van der Waals surface area contributed by atoms with Gasteiger partial charge in [-0.05, 0) is 64.7 Å². The Morgan fingerprint density at radius 3 is 2.60 bits per heavy atom. The summed E-state index contributed by atoms with van der Waals surface area (Å²) in [6.45, 7) is 12.7. The lowest BCUT2D eigenvalue weighted by Gasteiger charge is -2.35. The van der Waals surface area contributed by atoms with E-state index in [4.69, 9.17) is 15.2 Å². The molecule has 0 aromatic heterocycles. The van der Waals surface area contributed by atoms with Crippen LogP contribution in [0.4, 0.5) is 4.79 Å². The molecule has 2 rings (SSSR count). The molecule has 25 heavy (non-hydrogen) atoms. The summed E-state index contributed by atoms with van der Waals surface area (Å²) in [6, 6.07) is 6.23. The minimum Gasteiger partial charge on any atom is -0.488 e. The van der Waals surface area contributed by atoms with E-state index in [2.05, 4.69) is 32.2 Å². The predicted molar refractivity (Wildman–Crippen MR) is 100 cm³/mol. The van der Waals surface area contributed by atoms with Crippen molar-refractivity contribution in [3.05, 3.63) is 29.3 Å². The van der Waals surface area contributed by atoms with Gasteiger partial charge in [0.25, 0.3) is 0 Å². The van der Waals surface area contributed by atoms with Gasteiger partial charge in [0.2, 0.25) is 0 Å². The van der Waals surface area contributed by atoms with Gasteiger partial charge >= 0.3 is 6.09 Å². The molecule has 0 radical (unpaired) electrons. The summed E-state index contributed by atoms with van der Waals surface area (Å²) < 4.78 is 11.4. The normalized spacial score (nSPS) is 18.5. The van der Waals surface area contributed by atoms with Crippen LogP contribution >= 0.6 is 0 Å². The molecule has 1 amide bonds. The standard InChI is InChI=1S/C20H32N2O3/c1-18(2,3)25-17(23)22-13-20(6,12-21)15-7-8-16-14(11-15)9-10-19(4,5)24-16/h7-8,11H,9-10,12-13,21H2,1-6H3,(H,22,23). The van der Waals surface area contributed by atoms with Crippen molar-refractivity contribution in [2.75, 3.05) is 13.1 Å². The minimum atomic E-state index is -0.515. The first-order valence-electron chi connectivity index (χ1n) is 8.93. The lowest BCUT2D eigenvalue weighted by molar-refractivity contribution is 0.0516. The van der Waals surface area contributed by atoms with Crippen LogP contribution in [0.25, 0.3) is 0 Å². The van der Waals surface area contributed by atoms with Crippen LogP contribution < -0.4 is 15.8 Å². The van der Waals surface area contributed by atoms with Gasteiger partial charge in [0.1, 0.15) is 17.0 Å². The average molecular weight is 348 g/mol. The number of hydrogen-bond donors (Lipinski definition) is 2. The van der Waals surface area contributed by atoms with Crippen molar-refractivity contribution < 1.29 is 14.3 Å². The van der Waals surface area contributed by atoms with E-state index in [0.717, 1.165) is 24.2 Å². The summed E-state index contributed by atoms with van der Waals surface area (Å²) in [7, 11) is 0. The van der Waals surface area contributed by atoms with Crippen LogP contribution in [0, 0.1) is 0 Å². The second kappa shape index (κ2) is 6.87. The van der Waals surface area contributed by atoms with E-state index in [9.17, 15) is 4.79 Å². The fourth-order valence-corrected chi connectivity index (χ4v) is 2.91. The van der Waals surface area contributed by atoms with Crippen LogP contribution in [0.1, 0.15) is 59.1 Å². The summed E-state index contributed by atoms with van der Waals surface area (Å²) >= 11 is 0. The zero-order chi connectivity index (χ0) is 18.9. The first-order valence-corrected chi connectivity index (χ1v) is 8.93. The number of amides is 1. The van der Waals surface area contributed by atoms with Gasteiger partial charge < -0.3 is 20.5 Å². The number of alkyl carbamates (subject to hydrolysis) is 1. The maximum atomic E-state index is 12.0. The first kappa shape index (κ1) is 19.6. The molecule has 0 spiro atoms. The van der Waals surface area contributed by atoms with E-state index in [1.54, 1.807) is 0 Å². The van der Waals surface area contributed by atoms with Crippen molar-refractivity contribution in [1.82, 2.24) is 5.32 Å². The Morgan fingerprint density at radius 2 is 2.00 bits per heavy atom. The minimum absolute atomic E-state index is 0.121. The van der Waals surface area contributed by atoms with Crippen LogP contribution in [-0.2, 0) is 16.6 Å². The number of nitrogens with two attached hydrogens (primary N) is 1. The van der Waals surface area contributed by atoms with Gasteiger partial charge in [0, 0.05) is 18.5 Å². The number of carbonyl (C=O) groups is 1. The Morgan fingerprint density at radius 1 is 1.32 bits per heavy atom. The third-order valence-corrected chi connectivity index (χ3v) is 4.61. The molecule has 0 saturated heterocycles.